The van der Waals surface area contributed by atoms with Gasteiger partial charge < -0.3 is 15.8 Å². The highest BCUT2D eigenvalue weighted by molar-refractivity contribution is 5.96. The Morgan fingerprint density at radius 3 is 2.60 bits per heavy atom. The molecule has 0 aliphatic rings. The first-order valence-electron chi connectivity index (χ1n) is 6.49. The summed E-state index contributed by atoms with van der Waals surface area (Å²) in [4.78, 5) is 23.3. The summed E-state index contributed by atoms with van der Waals surface area (Å²) >= 11 is 0. The van der Waals surface area contributed by atoms with Crippen LogP contribution in [0.15, 0.2) is 18.2 Å². The molecule has 0 aromatic heterocycles. The smallest absolute Gasteiger partial charge is 0.340 e. The molecule has 0 bridgehead atoms. The lowest BCUT2D eigenvalue weighted by atomic mass is 10.2. The van der Waals surface area contributed by atoms with Crippen LogP contribution in [0.3, 0.4) is 0 Å². The van der Waals surface area contributed by atoms with Crippen LogP contribution in [0.4, 0.5) is 10.1 Å². The van der Waals surface area contributed by atoms with Gasteiger partial charge in [0.1, 0.15) is 5.82 Å². The quantitative estimate of drug-likeness (QED) is 0.616. The summed E-state index contributed by atoms with van der Waals surface area (Å²) in [6, 6.07) is 3.46. The highest BCUT2D eigenvalue weighted by Crippen LogP contribution is 2.14. The van der Waals surface area contributed by atoms with Crippen LogP contribution >= 0.6 is 0 Å². The van der Waals surface area contributed by atoms with E-state index in [0.717, 1.165) is 25.0 Å². The van der Waals surface area contributed by atoms with E-state index in [1.807, 2.05) is 13.8 Å². The van der Waals surface area contributed by atoms with Crippen LogP contribution in [-0.4, -0.2) is 24.5 Å². The Hall–Kier alpha value is -2.11. The zero-order valence-corrected chi connectivity index (χ0v) is 11.6. The number of nitrogen functional groups attached to an aromatic ring is 1. The molecule has 0 spiro atoms. The largest absolute Gasteiger partial charge is 0.452 e. The average Bonchev–Trinajstić information content (AvgIpc) is 2.44. The number of rotatable bonds is 6. The predicted octanol–water partition coefficient (Wildman–Crippen LogP) is 1.87. The molecular weight excluding hydrogens is 263 g/mol. The number of anilines is 1. The molecule has 6 heteroatoms. The van der Waals surface area contributed by atoms with Crippen LogP contribution in [0.1, 0.15) is 37.0 Å². The van der Waals surface area contributed by atoms with E-state index in [4.69, 9.17) is 10.5 Å². The summed E-state index contributed by atoms with van der Waals surface area (Å²) in [6.07, 6.45) is 1.60. The summed E-state index contributed by atoms with van der Waals surface area (Å²) in [5.41, 5.74) is 5.58. The number of hydrogen-bond donors (Lipinski definition) is 2. The second-order valence-corrected chi connectivity index (χ2v) is 4.39. The van der Waals surface area contributed by atoms with Gasteiger partial charge in [-0.05, 0) is 31.0 Å². The fourth-order valence-electron chi connectivity index (χ4n) is 1.68. The minimum absolute atomic E-state index is 0.0560. The van der Waals surface area contributed by atoms with Crippen molar-refractivity contribution in [3.8, 4) is 0 Å². The van der Waals surface area contributed by atoms with Crippen LogP contribution in [-0.2, 0) is 9.53 Å². The molecule has 1 amide bonds. The topological polar surface area (TPSA) is 81.4 Å². The molecule has 1 aromatic carbocycles. The molecule has 1 aromatic rings. The summed E-state index contributed by atoms with van der Waals surface area (Å²) in [5, 5.41) is 2.73. The van der Waals surface area contributed by atoms with Crippen molar-refractivity contribution in [2.75, 3.05) is 12.3 Å². The van der Waals surface area contributed by atoms with Gasteiger partial charge in [0.25, 0.3) is 5.91 Å². The molecule has 0 fully saturated rings. The molecule has 5 nitrogen and oxygen atoms in total. The number of esters is 1. The van der Waals surface area contributed by atoms with E-state index in [1.165, 1.54) is 6.07 Å². The Morgan fingerprint density at radius 2 is 2.00 bits per heavy atom. The first kappa shape index (κ1) is 15.9. The van der Waals surface area contributed by atoms with Gasteiger partial charge in [0.2, 0.25) is 0 Å². The van der Waals surface area contributed by atoms with Gasteiger partial charge in [0.15, 0.2) is 6.61 Å². The summed E-state index contributed by atoms with van der Waals surface area (Å²) in [7, 11) is 0. The van der Waals surface area contributed by atoms with E-state index < -0.39 is 18.4 Å². The number of nitrogens with one attached hydrogen (secondary N) is 1. The number of benzene rings is 1. The lowest BCUT2D eigenvalue weighted by molar-refractivity contribution is -0.125. The number of ether oxygens (including phenoxy) is 1. The second kappa shape index (κ2) is 7.47. The third kappa shape index (κ3) is 4.53. The van der Waals surface area contributed by atoms with Crippen molar-refractivity contribution in [3.63, 3.8) is 0 Å². The lowest BCUT2D eigenvalue weighted by Gasteiger charge is -2.14. The van der Waals surface area contributed by atoms with Crippen molar-refractivity contribution in [2.45, 2.75) is 32.7 Å². The molecule has 1 rings (SSSR count). The zero-order chi connectivity index (χ0) is 15.1. The maximum Gasteiger partial charge on any atom is 0.340 e. The number of hydrogen-bond acceptors (Lipinski definition) is 4. The fraction of sp³-hybridized carbons (Fsp3) is 0.429. The van der Waals surface area contributed by atoms with Crippen LogP contribution in [0.2, 0.25) is 0 Å². The van der Waals surface area contributed by atoms with Crippen LogP contribution in [0, 0.1) is 5.82 Å². The lowest BCUT2D eigenvalue weighted by Crippen LogP contribution is -2.36. The highest BCUT2D eigenvalue weighted by atomic mass is 19.1. The zero-order valence-electron chi connectivity index (χ0n) is 11.6. The third-order valence-corrected chi connectivity index (χ3v) is 2.92. The molecule has 0 heterocycles. The van der Waals surface area contributed by atoms with Gasteiger partial charge in [0, 0.05) is 11.7 Å². The Kier molecular flexibility index (Phi) is 5.96. The van der Waals surface area contributed by atoms with E-state index in [1.54, 1.807) is 0 Å². The Balaban J connectivity index is 2.55. The number of halogens is 1. The van der Waals surface area contributed by atoms with Crippen molar-refractivity contribution < 1.29 is 18.7 Å². The van der Waals surface area contributed by atoms with Gasteiger partial charge in [-0.1, -0.05) is 13.8 Å². The first-order valence-corrected chi connectivity index (χ1v) is 6.49. The first-order chi connectivity index (χ1) is 9.47. The maximum absolute atomic E-state index is 13.0. The minimum atomic E-state index is -0.818. The van der Waals surface area contributed by atoms with Crippen molar-refractivity contribution in [1.29, 1.82) is 0 Å². The molecule has 0 aliphatic carbocycles. The SMILES string of the molecule is CCC(CC)NC(=O)COC(=O)c1cc(F)ccc1N. The van der Waals surface area contributed by atoms with E-state index in [-0.39, 0.29) is 23.2 Å². The number of amides is 1. The van der Waals surface area contributed by atoms with Crippen molar-refractivity contribution in [2.24, 2.45) is 0 Å². The van der Waals surface area contributed by atoms with E-state index >= 15 is 0 Å². The number of carbonyl (C=O) groups excluding carboxylic acids is 2. The molecule has 0 saturated carbocycles. The Bertz CT molecular complexity index is 487. The van der Waals surface area contributed by atoms with Gasteiger partial charge in [-0.2, -0.15) is 0 Å². The fourth-order valence-corrected chi connectivity index (χ4v) is 1.68. The second-order valence-electron chi connectivity index (χ2n) is 4.39. The molecule has 0 aliphatic heterocycles. The molecular formula is C14H19FN2O3. The van der Waals surface area contributed by atoms with Crippen LogP contribution in [0.25, 0.3) is 0 Å². The van der Waals surface area contributed by atoms with Crippen molar-refractivity contribution in [1.82, 2.24) is 5.32 Å². The molecule has 0 unspecified atom stereocenters. The monoisotopic (exact) mass is 282 g/mol. The molecule has 3 N–H and O–H groups in total. The van der Waals surface area contributed by atoms with Gasteiger partial charge in [0.05, 0.1) is 5.56 Å². The number of carbonyl (C=O) groups is 2. The van der Waals surface area contributed by atoms with E-state index in [0.29, 0.717) is 0 Å². The summed E-state index contributed by atoms with van der Waals surface area (Å²) in [6.45, 7) is 3.49. The molecule has 0 atom stereocenters. The maximum atomic E-state index is 13.0. The van der Waals surface area contributed by atoms with Crippen LogP contribution < -0.4 is 11.1 Å². The summed E-state index contributed by atoms with van der Waals surface area (Å²) < 4.78 is 17.8. The standard InChI is InChI=1S/C14H19FN2O3/c1-3-10(4-2)17-13(18)8-20-14(19)11-7-9(15)5-6-12(11)16/h5-7,10H,3-4,8,16H2,1-2H3,(H,17,18). The average molecular weight is 282 g/mol. The van der Waals surface area contributed by atoms with Gasteiger partial charge >= 0.3 is 5.97 Å². The van der Waals surface area contributed by atoms with Crippen molar-refractivity contribution >= 4 is 17.6 Å². The summed E-state index contributed by atoms with van der Waals surface area (Å²) in [5.74, 6) is -1.80. The molecule has 0 saturated heterocycles. The van der Waals surface area contributed by atoms with E-state index in [9.17, 15) is 14.0 Å². The van der Waals surface area contributed by atoms with E-state index in [2.05, 4.69) is 5.32 Å². The minimum Gasteiger partial charge on any atom is -0.452 e. The van der Waals surface area contributed by atoms with Crippen molar-refractivity contribution in [3.05, 3.63) is 29.6 Å². The Morgan fingerprint density at radius 1 is 1.35 bits per heavy atom. The van der Waals surface area contributed by atoms with Crippen LogP contribution in [0.5, 0.6) is 0 Å². The third-order valence-electron chi connectivity index (χ3n) is 2.92. The van der Waals surface area contributed by atoms with Gasteiger partial charge in [-0.25, -0.2) is 9.18 Å². The predicted molar refractivity (Wildman–Crippen MR) is 73.6 cm³/mol. The molecule has 0 radical (unpaired) electrons. The highest BCUT2D eigenvalue weighted by Gasteiger charge is 2.15. The van der Waals surface area contributed by atoms with Gasteiger partial charge in [-0.3, -0.25) is 4.79 Å². The molecule has 20 heavy (non-hydrogen) atoms. The molecule has 110 valence electrons. The Labute approximate surface area is 117 Å². The number of nitrogens with two attached hydrogens (primary N) is 1. The normalized spacial score (nSPS) is 10.4. The van der Waals surface area contributed by atoms with Gasteiger partial charge in [-0.15, -0.1) is 0 Å².